The van der Waals surface area contributed by atoms with Crippen molar-refractivity contribution in [2.24, 2.45) is 5.92 Å². The van der Waals surface area contributed by atoms with Gasteiger partial charge in [0.05, 0.1) is 10.2 Å². The average Bonchev–Trinajstić information content (AvgIpc) is 3.12. The van der Waals surface area contributed by atoms with Crippen molar-refractivity contribution in [2.45, 2.75) is 26.8 Å². The number of thiazole rings is 1. The molecule has 2 amide bonds. The van der Waals surface area contributed by atoms with Crippen LogP contribution in [-0.4, -0.2) is 31.3 Å². The highest BCUT2D eigenvalue weighted by molar-refractivity contribution is 7.92. The van der Waals surface area contributed by atoms with E-state index in [1.807, 2.05) is 6.07 Å². The van der Waals surface area contributed by atoms with E-state index in [1.165, 1.54) is 24.3 Å². The lowest BCUT2D eigenvalue weighted by Gasteiger charge is -2.20. The second kappa shape index (κ2) is 10.0. The third kappa shape index (κ3) is 6.46. The Balaban J connectivity index is 1.73. The summed E-state index contributed by atoms with van der Waals surface area (Å²) >= 11 is 1.24. The van der Waals surface area contributed by atoms with Gasteiger partial charge in [0.25, 0.3) is 0 Å². The highest BCUT2D eigenvalue weighted by Gasteiger charge is 2.27. The molecule has 1 heterocycles. The molecule has 32 heavy (non-hydrogen) atoms. The molecule has 3 aromatic rings. The Labute approximate surface area is 190 Å². The molecule has 0 saturated heterocycles. The zero-order valence-corrected chi connectivity index (χ0v) is 19.5. The predicted molar refractivity (Wildman–Crippen MR) is 129 cm³/mol. The first-order valence-corrected chi connectivity index (χ1v) is 12.2. The minimum atomic E-state index is -3.85. The molecule has 3 rings (SSSR count). The molecule has 3 N–H and O–H groups in total. The number of rotatable bonds is 8. The summed E-state index contributed by atoms with van der Waals surface area (Å²) in [7, 11) is -3.85. The summed E-state index contributed by atoms with van der Waals surface area (Å²) in [5.41, 5.74) is 2.02. The van der Waals surface area contributed by atoms with E-state index < -0.39 is 22.0 Å². The van der Waals surface area contributed by atoms with E-state index in [0.29, 0.717) is 16.3 Å². The second-order valence-electron chi connectivity index (χ2n) is 7.47. The third-order valence-electron chi connectivity index (χ3n) is 4.42. The Bertz CT molecular complexity index is 1250. The smallest absolute Gasteiger partial charge is 0.244 e. The molecule has 10 heteroatoms. The van der Waals surface area contributed by atoms with Crippen molar-refractivity contribution in [1.82, 2.24) is 9.71 Å². The summed E-state index contributed by atoms with van der Waals surface area (Å²) in [5.74, 6) is -0.982. The van der Waals surface area contributed by atoms with E-state index in [2.05, 4.69) is 20.3 Å². The number of carbonyl (C=O) groups excluding carboxylic acids is 2. The van der Waals surface area contributed by atoms with Crippen molar-refractivity contribution >= 4 is 60.3 Å². The van der Waals surface area contributed by atoms with E-state index in [0.717, 1.165) is 15.7 Å². The summed E-state index contributed by atoms with van der Waals surface area (Å²) in [6, 6.07) is 13.3. The number of carbonyl (C=O) groups is 2. The summed E-state index contributed by atoms with van der Waals surface area (Å²) in [5, 5.41) is 6.79. The average molecular weight is 473 g/mol. The number of amides is 2. The first-order chi connectivity index (χ1) is 15.1. The lowest BCUT2D eigenvalue weighted by Crippen LogP contribution is -2.46. The largest absolute Gasteiger partial charge is 0.326 e. The number of benzene rings is 2. The minimum Gasteiger partial charge on any atom is -0.326 e. The number of sulfonamides is 1. The number of nitrogens with one attached hydrogen (secondary N) is 3. The molecule has 0 unspecified atom stereocenters. The Kier molecular flexibility index (Phi) is 7.39. The Morgan fingerprint density at radius 1 is 1.06 bits per heavy atom. The predicted octanol–water partition coefficient (Wildman–Crippen LogP) is 3.81. The van der Waals surface area contributed by atoms with Crippen LogP contribution in [0, 0.1) is 5.92 Å². The molecule has 1 atom stereocenters. The van der Waals surface area contributed by atoms with Gasteiger partial charge in [-0.2, -0.15) is 4.72 Å². The van der Waals surface area contributed by atoms with E-state index in [1.54, 1.807) is 56.3 Å². The van der Waals surface area contributed by atoms with Crippen LogP contribution >= 0.6 is 11.3 Å². The molecule has 0 radical (unpaired) electrons. The van der Waals surface area contributed by atoms with Crippen LogP contribution in [-0.2, 0) is 19.6 Å². The van der Waals surface area contributed by atoms with E-state index in [9.17, 15) is 18.0 Å². The second-order valence-corrected chi connectivity index (χ2v) is 10.1. The number of aromatic nitrogens is 1. The van der Waals surface area contributed by atoms with Crippen LogP contribution in [0.2, 0.25) is 0 Å². The standard InChI is InChI=1S/C22H24N4O4S2/c1-14(2)20(26-32(29,30)12-11-16-7-5-4-6-8-16)21(28)25-22-24-18-10-9-17(23-15(3)27)13-19(18)31-22/h4-14,20,26H,1-3H3,(H,23,27)(H,24,25,28)/b12-11+/t20-/m0/s1. The first-order valence-electron chi connectivity index (χ1n) is 9.87. The van der Waals surface area contributed by atoms with Crippen LogP contribution in [0.25, 0.3) is 16.3 Å². The quantitative estimate of drug-likeness (QED) is 0.461. The van der Waals surface area contributed by atoms with Gasteiger partial charge in [-0.25, -0.2) is 13.4 Å². The lowest BCUT2D eigenvalue weighted by atomic mass is 10.1. The van der Waals surface area contributed by atoms with Gasteiger partial charge in [-0.3, -0.25) is 9.59 Å². The molecule has 2 aromatic carbocycles. The van der Waals surface area contributed by atoms with Crippen LogP contribution in [0.1, 0.15) is 26.3 Å². The van der Waals surface area contributed by atoms with Crippen LogP contribution in [0.15, 0.2) is 53.9 Å². The molecule has 0 aliphatic rings. The minimum absolute atomic E-state index is 0.184. The molecule has 0 spiro atoms. The van der Waals surface area contributed by atoms with E-state index in [-0.39, 0.29) is 11.8 Å². The molecule has 0 aliphatic carbocycles. The van der Waals surface area contributed by atoms with Crippen molar-refractivity contribution in [3.8, 4) is 0 Å². The number of hydrogen-bond donors (Lipinski definition) is 3. The van der Waals surface area contributed by atoms with Crippen molar-refractivity contribution in [2.75, 3.05) is 10.6 Å². The summed E-state index contributed by atoms with van der Waals surface area (Å²) in [4.78, 5) is 28.5. The van der Waals surface area contributed by atoms with Crippen molar-refractivity contribution in [3.63, 3.8) is 0 Å². The van der Waals surface area contributed by atoms with Gasteiger partial charge in [-0.1, -0.05) is 55.5 Å². The molecule has 168 valence electrons. The SMILES string of the molecule is CC(=O)Nc1ccc2nc(NC(=O)[C@@H](NS(=O)(=O)/C=C/c3ccccc3)C(C)C)sc2c1. The Morgan fingerprint density at radius 2 is 1.78 bits per heavy atom. The third-order valence-corrected chi connectivity index (χ3v) is 6.43. The Hall–Kier alpha value is -3.08. The zero-order chi connectivity index (χ0) is 23.3. The lowest BCUT2D eigenvalue weighted by molar-refractivity contribution is -0.118. The topological polar surface area (TPSA) is 117 Å². The summed E-state index contributed by atoms with van der Waals surface area (Å²) < 4.78 is 28.3. The molecule has 8 nitrogen and oxygen atoms in total. The molecule has 0 saturated carbocycles. The molecule has 0 bridgehead atoms. The number of hydrogen-bond acceptors (Lipinski definition) is 6. The van der Waals surface area contributed by atoms with Gasteiger partial charge in [0.15, 0.2) is 5.13 Å². The number of nitrogens with zero attached hydrogens (tertiary/aromatic N) is 1. The maximum Gasteiger partial charge on any atom is 0.244 e. The van der Waals surface area contributed by atoms with Gasteiger partial charge in [0, 0.05) is 18.0 Å². The summed E-state index contributed by atoms with van der Waals surface area (Å²) in [6.07, 6.45) is 1.47. The molecular formula is C22H24N4O4S2. The first kappa shape index (κ1) is 23.6. The maximum atomic E-state index is 12.8. The fourth-order valence-electron chi connectivity index (χ4n) is 2.88. The zero-order valence-electron chi connectivity index (χ0n) is 17.8. The molecule has 1 aromatic heterocycles. The van der Waals surface area contributed by atoms with Gasteiger partial charge in [0.2, 0.25) is 21.8 Å². The molecule has 0 fully saturated rings. The Morgan fingerprint density at radius 3 is 2.44 bits per heavy atom. The van der Waals surface area contributed by atoms with Crippen LogP contribution in [0.5, 0.6) is 0 Å². The van der Waals surface area contributed by atoms with Crippen molar-refractivity contribution in [3.05, 3.63) is 59.5 Å². The fourth-order valence-corrected chi connectivity index (χ4v) is 4.94. The fraction of sp³-hybridized carbons (Fsp3) is 0.227. The molecule has 0 aliphatic heterocycles. The van der Waals surface area contributed by atoms with Crippen LogP contribution in [0.3, 0.4) is 0 Å². The van der Waals surface area contributed by atoms with Crippen LogP contribution < -0.4 is 15.4 Å². The summed E-state index contributed by atoms with van der Waals surface area (Å²) in [6.45, 7) is 4.93. The van der Waals surface area contributed by atoms with Gasteiger partial charge in [-0.15, -0.1) is 0 Å². The van der Waals surface area contributed by atoms with Gasteiger partial charge in [0.1, 0.15) is 6.04 Å². The number of anilines is 2. The van der Waals surface area contributed by atoms with Gasteiger partial charge >= 0.3 is 0 Å². The van der Waals surface area contributed by atoms with Crippen LogP contribution in [0.4, 0.5) is 10.8 Å². The van der Waals surface area contributed by atoms with Crippen molar-refractivity contribution in [1.29, 1.82) is 0 Å². The highest BCUT2D eigenvalue weighted by atomic mass is 32.2. The normalized spacial score (nSPS) is 12.9. The van der Waals surface area contributed by atoms with Gasteiger partial charge in [-0.05, 0) is 35.8 Å². The monoisotopic (exact) mass is 472 g/mol. The van der Waals surface area contributed by atoms with E-state index in [4.69, 9.17) is 0 Å². The van der Waals surface area contributed by atoms with Gasteiger partial charge < -0.3 is 10.6 Å². The van der Waals surface area contributed by atoms with Crippen molar-refractivity contribution < 1.29 is 18.0 Å². The maximum absolute atomic E-state index is 12.8. The number of fused-ring (bicyclic) bond motifs is 1. The molecular weight excluding hydrogens is 448 g/mol. The highest BCUT2D eigenvalue weighted by Crippen LogP contribution is 2.28. The van der Waals surface area contributed by atoms with E-state index >= 15 is 0 Å².